The molecule has 0 bridgehead atoms. The molecule has 13 aromatic rings. The summed E-state index contributed by atoms with van der Waals surface area (Å²) in [5.74, 6) is 0.710. The van der Waals surface area contributed by atoms with E-state index in [4.69, 9.17) is 9.97 Å². The maximum atomic E-state index is 5.31. The second kappa shape index (κ2) is 14.5. The van der Waals surface area contributed by atoms with Crippen LogP contribution >= 0.6 is 0 Å². The van der Waals surface area contributed by atoms with E-state index < -0.39 is 0 Å². The van der Waals surface area contributed by atoms with Crippen LogP contribution in [0.3, 0.4) is 0 Å². The summed E-state index contributed by atoms with van der Waals surface area (Å²) < 4.78 is 4.76. The van der Waals surface area contributed by atoms with Crippen molar-refractivity contribution in [2.45, 2.75) is 0 Å². The Morgan fingerprint density at radius 2 is 0.734 bits per heavy atom. The molecule has 64 heavy (non-hydrogen) atoms. The Bertz CT molecular complexity index is 3920. The SMILES string of the molecule is c1ccc(-c2ccc(-c3nc(-c4ccc(-n5c6ccccc6c6cc(-c7ccc8c(c7)c7ccccc7n8-c7ccccc7)ccc65)cc4)c4ccc5ccccc5c4n3)cc2)cc1. The molecule has 4 heteroatoms. The molecule has 0 radical (unpaired) electrons. The van der Waals surface area contributed by atoms with E-state index in [1.54, 1.807) is 0 Å². The number of hydrogen-bond acceptors (Lipinski definition) is 2. The standard InChI is InChI=1S/C60H38N4/c1-3-13-39(14-4-1)40-23-25-43(26-24-40)60-61-58(51-34-29-41-15-7-8-18-48(41)59(51)62-60)42-27-32-47(33-28-42)64-55-22-12-10-20-50(55)53-38-45(31-36-57(53)64)44-30-35-56-52(37-44)49-19-9-11-21-54(49)63(56)46-16-5-2-6-17-46/h1-38H. The van der Waals surface area contributed by atoms with E-state index in [1.165, 1.54) is 60.3 Å². The van der Waals surface area contributed by atoms with E-state index >= 15 is 0 Å². The first-order valence-corrected chi connectivity index (χ1v) is 21.8. The molecule has 0 aliphatic rings. The van der Waals surface area contributed by atoms with E-state index in [2.05, 4.69) is 234 Å². The van der Waals surface area contributed by atoms with Crippen molar-refractivity contribution < 1.29 is 0 Å². The average molecular weight is 815 g/mol. The van der Waals surface area contributed by atoms with Crippen LogP contribution < -0.4 is 0 Å². The zero-order valence-corrected chi connectivity index (χ0v) is 34.7. The van der Waals surface area contributed by atoms with E-state index in [9.17, 15) is 0 Å². The zero-order chi connectivity index (χ0) is 42.1. The third-order valence-electron chi connectivity index (χ3n) is 12.9. The summed E-state index contributed by atoms with van der Waals surface area (Å²) in [6.45, 7) is 0. The topological polar surface area (TPSA) is 35.6 Å². The molecule has 0 saturated carbocycles. The van der Waals surface area contributed by atoms with Crippen molar-refractivity contribution >= 4 is 65.3 Å². The highest BCUT2D eigenvalue weighted by Crippen LogP contribution is 2.40. The summed E-state index contributed by atoms with van der Waals surface area (Å²) in [5, 5.41) is 8.25. The van der Waals surface area contributed by atoms with Crippen molar-refractivity contribution in [1.29, 1.82) is 0 Å². The molecule has 0 saturated heterocycles. The van der Waals surface area contributed by atoms with Crippen LogP contribution in [0.25, 0.3) is 122 Å². The quantitative estimate of drug-likeness (QED) is 0.157. The van der Waals surface area contributed by atoms with Crippen LogP contribution in [0.2, 0.25) is 0 Å². The van der Waals surface area contributed by atoms with Gasteiger partial charge in [0.1, 0.15) is 0 Å². The van der Waals surface area contributed by atoms with Crippen molar-refractivity contribution in [2.75, 3.05) is 0 Å². The molecular formula is C60H38N4. The summed E-state index contributed by atoms with van der Waals surface area (Å²) in [6.07, 6.45) is 0. The molecule has 3 heterocycles. The molecule has 0 aliphatic carbocycles. The number of nitrogens with zero attached hydrogens (tertiary/aromatic N) is 4. The third-order valence-corrected chi connectivity index (χ3v) is 12.9. The molecular weight excluding hydrogens is 777 g/mol. The number of rotatable bonds is 6. The van der Waals surface area contributed by atoms with E-state index in [1.807, 2.05) is 6.07 Å². The van der Waals surface area contributed by atoms with Gasteiger partial charge >= 0.3 is 0 Å². The Morgan fingerprint density at radius 3 is 1.38 bits per heavy atom. The summed E-state index contributed by atoms with van der Waals surface area (Å²) in [6, 6.07) is 82.7. The van der Waals surface area contributed by atoms with Crippen LogP contribution in [0.5, 0.6) is 0 Å². The average Bonchev–Trinajstić information content (AvgIpc) is 3.89. The summed E-state index contributed by atoms with van der Waals surface area (Å²) in [4.78, 5) is 10.6. The van der Waals surface area contributed by atoms with Crippen LogP contribution in [0, 0.1) is 0 Å². The van der Waals surface area contributed by atoms with Crippen molar-refractivity contribution in [3.05, 3.63) is 231 Å². The molecule has 0 atom stereocenters. The van der Waals surface area contributed by atoms with Gasteiger partial charge in [-0.3, -0.25) is 0 Å². The minimum Gasteiger partial charge on any atom is -0.309 e. The predicted octanol–water partition coefficient (Wildman–Crippen LogP) is 15.6. The molecule has 3 aromatic heterocycles. The molecule has 4 nitrogen and oxygen atoms in total. The molecule has 0 spiro atoms. The van der Waals surface area contributed by atoms with E-state index in [-0.39, 0.29) is 0 Å². The van der Waals surface area contributed by atoms with Crippen LogP contribution in [-0.2, 0) is 0 Å². The minimum absolute atomic E-state index is 0.710. The normalized spacial score (nSPS) is 11.8. The lowest BCUT2D eigenvalue weighted by Crippen LogP contribution is -1.97. The van der Waals surface area contributed by atoms with E-state index in [0.717, 1.165) is 55.4 Å². The fourth-order valence-electron chi connectivity index (χ4n) is 9.86. The first-order valence-electron chi connectivity index (χ1n) is 21.8. The molecule has 298 valence electrons. The lowest BCUT2D eigenvalue weighted by Gasteiger charge is -2.13. The lowest BCUT2D eigenvalue weighted by molar-refractivity contribution is 1.18. The number of para-hydroxylation sites is 3. The summed E-state index contributed by atoms with van der Waals surface area (Å²) >= 11 is 0. The van der Waals surface area contributed by atoms with Crippen molar-refractivity contribution in [1.82, 2.24) is 19.1 Å². The third kappa shape index (κ3) is 5.77. The van der Waals surface area contributed by atoms with Crippen LogP contribution in [0.1, 0.15) is 0 Å². The first-order chi connectivity index (χ1) is 31.7. The fourth-order valence-corrected chi connectivity index (χ4v) is 9.86. The number of fused-ring (bicyclic) bond motifs is 9. The van der Waals surface area contributed by atoms with Gasteiger partial charge in [-0.1, -0.05) is 164 Å². The number of aromatic nitrogens is 4. The van der Waals surface area contributed by atoms with Gasteiger partial charge in [-0.15, -0.1) is 0 Å². The van der Waals surface area contributed by atoms with Gasteiger partial charge in [-0.2, -0.15) is 0 Å². The molecule has 0 unspecified atom stereocenters. The second-order valence-electron chi connectivity index (χ2n) is 16.6. The van der Waals surface area contributed by atoms with Crippen LogP contribution in [0.4, 0.5) is 0 Å². The number of benzene rings is 10. The summed E-state index contributed by atoms with van der Waals surface area (Å²) in [7, 11) is 0. The minimum atomic E-state index is 0.710. The highest BCUT2D eigenvalue weighted by molar-refractivity contribution is 6.13. The molecule has 0 fully saturated rings. The Kier molecular flexibility index (Phi) is 8.18. The van der Waals surface area contributed by atoms with Gasteiger partial charge in [0.05, 0.1) is 33.3 Å². The highest BCUT2D eigenvalue weighted by atomic mass is 15.0. The zero-order valence-electron chi connectivity index (χ0n) is 34.7. The molecule has 0 N–H and O–H groups in total. The maximum absolute atomic E-state index is 5.31. The largest absolute Gasteiger partial charge is 0.309 e. The van der Waals surface area contributed by atoms with Crippen molar-refractivity contribution in [3.63, 3.8) is 0 Å². The van der Waals surface area contributed by atoms with Gasteiger partial charge in [-0.05, 0) is 94.4 Å². The molecule has 10 aromatic carbocycles. The monoisotopic (exact) mass is 814 g/mol. The Balaban J connectivity index is 0.915. The molecule has 0 aliphatic heterocycles. The first kappa shape index (κ1) is 36.1. The van der Waals surface area contributed by atoms with Gasteiger partial charge in [-0.25, -0.2) is 9.97 Å². The van der Waals surface area contributed by atoms with Gasteiger partial charge in [0.2, 0.25) is 0 Å². The van der Waals surface area contributed by atoms with Gasteiger partial charge in [0.25, 0.3) is 0 Å². The van der Waals surface area contributed by atoms with Gasteiger partial charge in [0.15, 0.2) is 5.82 Å². The Labute approximate surface area is 369 Å². The van der Waals surface area contributed by atoms with Crippen LogP contribution in [0.15, 0.2) is 231 Å². The fraction of sp³-hybridized carbons (Fsp3) is 0. The van der Waals surface area contributed by atoms with Gasteiger partial charge in [0, 0.05) is 54.8 Å². The van der Waals surface area contributed by atoms with Crippen molar-refractivity contribution in [3.8, 4) is 56.3 Å². The Hall–Kier alpha value is -8.60. The summed E-state index contributed by atoms with van der Waals surface area (Å²) in [5.41, 5.74) is 15.6. The van der Waals surface area contributed by atoms with Crippen molar-refractivity contribution in [2.24, 2.45) is 0 Å². The highest BCUT2D eigenvalue weighted by Gasteiger charge is 2.18. The van der Waals surface area contributed by atoms with Gasteiger partial charge < -0.3 is 9.13 Å². The number of hydrogen-bond donors (Lipinski definition) is 0. The van der Waals surface area contributed by atoms with E-state index in [0.29, 0.717) is 5.82 Å². The lowest BCUT2D eigenvalue weighted by atomic mass is 10.0. The molecule has 0 amide bonds. The maximum Gasteiger partial charge on any atom is 0.160 e. The predicted molar refractivity (Wildman–Crippen MR) is 267 cm³/mol. The van der Waals surface area contributed by atoms with Crippen LogP contribution in [-0.4, -0.2) is 19.1 Å². The smallest absolute Gasteiger partial charge is 0.160 e. The second-order valence-corrected chi connectivity index (χ2v) is 16.6. The molecule has 13 rings (SSSR count). The Morgan fingerprint density at radius 1 is 0.266 bits per heavy atom.